The van der Waals surface area contributed by atoms with Gasteiger partial charge in [0.15, 0.2) is 17.7 Å². The second kappa shape index (κ2) is 4.72. The van der Waals surface area contributed by atoms with E-state index in [1.807, 2.05) is 24.3 Å². The third-order valence-corrected chi connectivity index (χ3v) is 3.38. The van der Waals surface area contributed by atoms with Gasteiger partial charge in [0.1, 0.15) is 0 Å². The Bertz CT molecular complexity index is 452. The average molecular weight is 297 g/mol. The van der Waals surface area contributed by atoms with Gasteiger partial charge in [-0.3, -0.25) is 4.79 Å². The van der Waals surface area contributed by atoms with Crippen molar-refractivity contribution in [3.8, 4) is 0 Å². The van der Waals surface area contributed by atoms with E-state index in [0.29, 0.717) is 0 Å². The Labute approximate surface area is 109 Å². The summed E-state index contributed by atoms with van der Waals surface area (Å²) in [6.45, 7) is 1.76. The standard InChI is InChI=1S/C13H13BrO3/c1-13(9-3-5-10(14)6-4-9)11(15)7-8-12(16-2)17-13/h3-8,12H,1-2H3/t12-,13-/m1/s1. The van der Waals surface area contributed by atoms with Crippen LogP contribution in [0.15, 0.2) is 40.9 Å². The largest absolute Gasteiger partial charge is 0.352 e. The van der Waals surface area contributed by atoms with Crippen molar-refractivity contribution >= 4 is 21.7 Å². The van der Waals surface area contributed by atoms with Crippen LogP contribution >= 0.6 is 15.9 Å². The average Bonchev–Trinajstić information content (AvgIpc) is 2.33. The molecule has 17 heavy (non-hydrogen) atoms. The van der Waals surface area contributed by atoms with Crippen molar-refractivity contribution in [2.75, 3.05) is 7.11 Å². The lowest BCUT2D eigenvalue weighted by Crippen LogP contribution is -2.41. The first kappa shape index (κ1) is 12.5. The topological polar surface area (TPSA) is 35.5 Å². The van der Waals surface area contributed by atoms with E-state index < -0.39 is 11.9 Å². The van der Waals surface area contributed by atoms with Crippen LogP contribution in [-0.2, 0) is 19.9 Å². The number of rotatable bonds is 2. The van der Waals surface area contributed by atoms with Gasteiger partial charge >= 0.3 is 0 Å². The second-order valence-corrected chi connectivity index (χ2v) is 4.90. The number of carbonyl (C=O) groups excluding carboxylic acids is 1. The molecule has 1 aliphatic rings. The Morgan fingerprint density at radius 3 is 2.59 bits per heavy atom. The van der Waals surface area contributed by atoms with E-state index in [-0.39, 0.29) is 5.78 Å². The highest BCUT2D eigenvalue weighted by Crippen LogP contribution is 2.32. The van der Waals surface area contributed by atoms with Crippen molar-refractivity contribution in [1.29, 1.82) is 0 Å². The van der Waals surface area contributed by atoms with Gasteiger partial charge in [0.05, 0.1) is 0 Å². The van der Waals surface area contributed by atoms with E-state index in [2.05, 4.69) is 15.9 Å². The van der Waals surface area contributed by atoms with E-state index in [9.17, 15) is 4.79 Å². The van der Waals surface area contributed by atoms with Crippen LogP contribution in [0.4, 0.5) is 0 Å². The molecule has 0 bridgehead atoms. The molecule has 0 aliphatic carbocycles. The lowest BCUT2D eigenvalue weighted by atomic mass is 9.89. The summed E-state index contributed by atoms with van der Waals surface area (Å²) in [5.41, 5.74) is -0.159. The smallest absolute Gasteiger partial charge is 0.191 e. The van der Waals surface area contributed by atoms with Crippen molar-refractivity contribution in [2.45, 2.75) is 18.8 Å². The molecular formula is C13H13BrO3. The third kappa shape index (κ3) is 2.34. The summed E-state index contributed by atoms with van der Waals surface area (Å²) in [5.74, 6) is -0.0758. The predicted molar refractivity (Wildman–Crippen MR) is 67.5 cm³/mol. The zero-order valence-electron chi connectivity index (χ0n) is 9.64. The molecule has 2 rings (SSSR count). The SMILES string of the molecule is CO[C@H]1C=CC(=O)[C@@](C)(c2ccc(Br)cc2)O1. The molecule has 0 fully saturated rings. The minimum absolute atomic E-state index is 0.0758. The number of hydrogen-bond donors (Lipinski definition) is 0. The van der Waals surface area contributed by atoms with Gasteiger partial charge in [-0.25, -0.2) is 0 Å². The number of carbonyl (C=O) groups is 1. The molecular weight excluding hydrogens is 284 g/mol. The Morgan fingerprint density at radius 1 is 1.35 bits per heavy atom. The van der Waals surface area contributed by atoms with Crippen LogP contribution in [0.5, 0.6) is 0 Å². The van der Waals surface area contributed by atoms with Crippen LogP contribution in [0.3, 0.4) is 0 Å². The quantitative estimate of drug-likeness (QED) is 0.842. The van der Waals surface area contributed by atoms with E-state index in [4.69, 9.17) is 9.47 Å². The number of ketones is 1. The summed E-state index contributed by atoms with van der Waals surface area (Å²) in [5, 5.41) is 0. The molecule has 4 heteroatoms. The molecule has 3 nitrogen and oxygen atoms in total. The van der Waals surface area contributed by atoms with Gasteiger partial charge in [-0.1, -0.05) is 28.1 Å². The van der Waals surface area contributed by atoms with E-state index >= 15 is 0 Å². The summed E-state index contributed by atoms with van der Waals surface area (Å²) < 4.78 is 11.8. The molecule has 1 aromatic rings. The summed E-state index contributed by atoms with van der Waals surface area (Å²) >= 11 is 3.36. The van der Waals surface area contributed by atoms with Crippen LogP contribution in [0.2, 0.25) is 0 Å². The van der Waals surface area contributed by atoms with Crippen molar-refractivity contribution < 1.29 is 14.3 Å². The highest BCUT2D eigenvalue weighted by Gasteiger charge is 2.39. The first-order chi connectivity index (χ1) is 8.06. The Morgan fingerprint density at radius 2 is 2.00 bits per heavy atom. The number of hydrogen-bond acceptors (Lipinski definition) is 3. The number of halogens is 1. The van der Waals surface area contributed by atoms with Gasteiger partial charge in [0.2, 0.25) is 0 Å². The highest BCUT2D eigenvalue weighted by atomic mass is 79.9. The highest BCUT2D eigenvalue weighted by molar-refractivity contribution is 9.10. The summed E-state index contributed by atoms with van der Waals surface area (Å²) in [4.78, 5) is 12.0. The number of benzene rings is 1. The molecule has 1 heterocycles. The van der Waals surface area contributed by atoms with Crippen LogP contribution in [0.1, 0.15) is 12.5 Å². The molecule has 0 saturated heterocycles. The molecule has 0 spiro atoms. The first-order valence-electron chi connectivity index (χ1n) is 5.25. The van der Waals surface area contributed by atoms with Gasteiger partial charge in [-0.2, -0.15) is 0 Å². The Hall–Kier alpha value is -0.970. The lowest BCUT2D eigenvalue weighted by Gasteiger charge is -2.33. The molecule has 1 aromatic carbocycles. The fourth-order valence-corrected chi connectivity index (χ4v) is 2.02. The number of ether oxygens (including phenoxy) is 2. The van der Waals surface area contributed by atoms with Crippen molar-refractivity contribution in [1.82, 2.24) is 0 Å². The third-order valence-electron chi connectivity index (χ3n) is 2.85. The molecule has 0 unspecified atom stereocenters. The van der Waals surface area contributed by atoms with E-state index in [1.165, 1.54) is 6.08 Å². The van der Waals surface area contributed by atoms with Gasteiger partial charge in [-0.05, 0) is 36.8 Å². The van der Waals surface area contributed by atoms with Crippen LogP contribution < -0.4 is 0 Å². The molecule has 0 saturated carbocycles. The van der Waals surface area contributed by atoms with E-state index in [0.717, 1.165) is 10.0 Å². The van der Waals surface area contributed by atoms with Crippen molar-refractivity contribution in [3.05, 3.63) is 46.5 Å². The maximum absolute atomic E-state index is 12.0. The molecule has 2 atom stereocenters. The molecule has 90 valence electrons. The summed E-state index contributed by atoms with van der Waals surface area (Å²) in [6, 6.07) is 7.51. The first-order valence-corrected chi connectivity index (χ1v) is 6.05. The normalized spacial score (nSPS) is 28.4. The maximum Gasteiger partial charge on any atom is 0.191 e. The number of methoxy groups -OCH3 is 1. The molecule has 0 aromatic heterocycles. The Balaban J connectivity index is 2.38. The zero-order chi connectivity index (χ0) is 12.5. The minimum Gasteiger partial charge on any atom is -0.352 e. The van der Waals surface area contributed by atoms with E-state index in [1.54, 1.807) is 20.1 Å². The van der Waals surface area contributed by atoms with Crippen LogP contribution in [-0.4, -0.2) is 19.2 Å². The van der Waals surface area contributed by atoms with Gasteiger partial charge < -0.3 is 9.47 Å². The van der Waals surface area contributed by atoms with Crippen LogP contribution in [0, 0.1) is 0 Å². The fourth-order valence-electron chi connectivity index (χ4n) is 1.76. The van der Waals surface area contributed by atoms with Crippen molar-refractivity contribution in [3.63, 3.8) is 0 Å². The second-order valence-electron chi connectivity index (χ2n) is 3.99. The zero-order valence-corrected chi connectivity index (χ0v) is 11.2. The Kier molecular flexibility index (Phi) is 3.47. The summed E-state index contributed by atoms with van der Waals surface area (Å²) in [6.07, 6.45) is 2.64. The predicted octanol–water partition coefficient (Wildman–Crippen LogP) is 2.79. The molecule has 1 aliphatic heterocycles. The van der Waals surface area contributed by atoms with Crippen LogP contribution in [0.25, 0.3) is 0 Å². The molecule has 0 N–H and O–H groups in total. The fraction of sp³-hybridized carbons (Fsp3) is 0.308. The molecule has 0 radical (unpaired) electrons. The van der Waals surface area contributed by atoms with Crippen molar-refractivity contribution in [2.24, 2.45) is 0 Å². The van der Waals surface area contributed by atoms with Gasteiger partial charge in [0, 0.05) is 11.6 Å². The molecule has 0 amide bonds. The minimum atomic E-state index is -0.976. The van der Waals surface area contributed by atoms with Gasteiger partial charge in [-0.15, -0.1) is 0 Å². The monoisotopic (exact) mass is 296 g/mol. The maximum atomic E-state index is 12.0. The van der Waals surface area contributed by atoms with Gasteiger partial charge in [0.25, 0.3) is 0 Å². The lowest BCUT2D eigenvalue weighted by molar-refractivity contribution is -0.185. The summed E-state index contributed by atoms with van der Waals surface area (Å²) in [7, 11) is 1.55.